The van der Waals surface area contributed by atoms with Crippen LogP contribution in [0.4, 0.5) is 5.69 Å². The fourth-order valence-electron chi connectivity index (χ4n) is 1.75. The molecule has 2 N–H and O–H groups in total. The molecule has 21 heavy (non-hydrogen) atoms. The number of carbonyl (C=O) groups excluding carboxylic acids is 1. The van der Waals surface area contributed by atoms with Crippen molar-refractivity contribution in [2.75, 3.05) is 5.32 Å². The summed E-state index contributed by atoms with van der Waals surface area (Å²) in [7, 11) is 0. The summed E-state index contributed by atoms with van der Waals surface area (Å²) in [6.45, 7) is 1.69. The van der Waals surface area contributed by atoms with Crippen LogP contribution in [0.15, 0.2) is 52.1 Å². The second-order valence-corrected chi connectivity index (χ2v) is 6.44. The number of benzene rings is 2. The molecule has 0 aliphatic rings. The third-order valence-corrected chi connectivity index (χ3v) is 4.22. The van der Waals surface area contributed by atoms with Crippen molar-refractivity contribution >= 4 is 55.8 Å². The van der Waals surface area contributed by atoms with Gasteiger partial charge in [-0.1, -0.05) is 17.3 Å². The first-order chi connectivity index (χ1) is 10.0. The normalized spacial score (nSPS) is 11.3. The number of halogens is 2. The van der Waals surface area contributed by atoms with E-state index in [0.717, 1.165) is 13.6 Å². The Balaban J connectivity index is 2.26. The molecule has 0 radical (unpaired) electrons. The molecular formula is C15H12BrIN2O2. The van der Waals surface area contributed by atoms with E-state index in [0.29, 0.717) is 17.0 Å². The van der Waals surface area contributed by atoms with E-state index in [9.17, 15) is 4.79 Å². The van der Waals surface area contributed by atoms with Gasteiger partial charge in [-0.25, -0.2) is 0 Å². The van der Waals surface area contributed by atoms with E-state index in [-0.39, 0.29) is 5.91 Å². The maximum atomic E-state index is 12.3. The highest BCUT2D eigenvalue weighted by Crippen LogP contribution is 2.21. The van der Waals surface area contributed by atoms with Gasteiger partial charge in [-0.3, -0.25) is 4.79 Å². The summed E-state index contributed by atoms with van der Waals surface area (Å²) in [4.78, 5) is 12.3. The van der Waals surface area contributed by atoms with Crippen LogP contribution < -0.4 is 5.32 Å². The van der Waals surface area contributed by atoms with E-state index >= 15 is 0 Å². The van der Waals surface area contributed by atoms with Gasteiger partial charge in [-0.05, 0) is 75.8 Å². The zero-order valence-corrected chi connectivity index (χ0v) is 14.8. The van der Waals surface area contributed by atoms with Crippen LogP contribution in [0.1, 0.15) is 22.8 Å². The fraction of sp³-hybridized carbons (Fsp3) is 0.0667. The van der Waals surface area contributed by atoms with Crippen molar-refractivity contribution in [1.29, 1.82) is 0 Å². The molecule has 0 aliphatic carbocycles. The Morgan fingerprint density at radius 1 is 1.29 bits per heavy atom. The highest BCUT2D eigenvalue weighted by atomic mass is 127. The lowest BCUT2D eigenvalue weighted by molar-refractivity contribution is 0.102. The summed E-state index contributed by atoms with van der Waals surface area (Å²) in [5, 5.41) is 14.8. The molecule has 1 amide bonds. The van der Waals surface area contributed by atoms with E-state index in [4.69, 9.17) is 5.21 Å². The predicted molar refractivity (Wildman–Crippen MR) is 95.3 cm³/mol. The van der Waals surface area contributed by atoms with Crippen molar-refractivity contribution in [3.63, 3.8) is 0 Å². The number of oxime groups is 1. The minimum absolute atomic E-state index is 0.198. The number of amides is 1. The van der Waals surface area contributed by atoms with Gasteiger partial charge >= 0.3 is 0 Å². The minimum atomic E-state index is -0.198. The van der Waals surface area contributed by atoms with Crippen molar-refractivity contribution in [3.8, 4) is 0 Å². The number of carbonyl (C=O) groups is 1. The van der Waals surface area contributed by atoms with Crippen molar-refractivity contribution in [1.82, 2.24) is 0 Å². The van der Waals surface area contributed by atoms with Gasteiger partial charge in [0.1, 0.15) is 0 Å². The molecule has 0 atom stereocenters. The summed E-state index contributed by atoms with van der Waals surface area (Å²) in [6.07, 6.45) is 0. The minimum Gasteiger partial charge on any atom is -0.411 e. The topological polar surface area (TPSA) is 61.7 Å². The molecule has 2 aromatic rings. The largest absolute Gasteiger partial charge is 0.411 e. The number of hydrogen-bond acceptors (Lipinski definition) is 3. The molecule has 108 valence electrons. The zero-order chi connectivity index (χ0) is 15.4. The number of hydrogen-bond donors (Lipinski definition) is 2. The van der Waals surface area contributed by atoms with Gasteiger partial charge in [0.05, 0.1) is 11.3 Å². The van der Waals surface area contributed by atoms with E-state index in [1.165, 1.54) is 0 Å². The second kappa shape index (κ2) is 7.04. The van der Waals surface area contributed by atoms with Crippen LogP contribution in [-0.4, -0.2) is 16.8 Å². The highest BCUT2D eigenvalue weighted by molar-refractivity contribution is 14.1. The summed E-state index contributed by atoms with van der Waals surface area (Å²) < 4.78 is 1.72. The van der Waals surface area contributed by atoms with E-state index in [1.54, 1.807) is 25.1 Å². The predicted octanol–water partition coefficient (Wildman–Crippen LogP) is 4.50. The van der Waals surface area contributed by atoms with Crippen molar-refractivity contribution in [2.45, 2.75) is 6.92 Å². The van der Waals surface area contributed by atoms with Crippen LogP contribution in [0.5, 0.6) is 0 Å². The summed E-state index contributed by atoms with van der Waals surface area (Å²) >= 11 is 5.54. The van der Waals surface area contributed by atoms with Gasteiger partial charge in [-0.15, -0.1) is 0 Å². The monoisotopic (exact) mass is 458 g/mol. The molecule has 0 bridgehead atoms. The van der Waals surface area contributed by atoms with Crippen molar-refractivity contribution in [3.05, 3.63) is 61.6 Å². The Labute approximate surface area is 144 Å². The van der Waals surface area contributed by atoms with Crippen molar-refractivity contribution < 1.29 is 10.0 Å². The molecule has 6 heteroatoms. The molecule has 0 heterocycles. The second-order valence-electron chi connectivity index (χ2n) is 4.34. The highest BCUT2D eigenvalue weighted by Gasteiger charge is 2.11. The van der Waals surface area contributed by atoms with Gasteiger partial charge < -0.3 is 10.5 Å². The average molecular weight is 459 g/mol. The molecule has 4 nitrogen and oxygen atoms in total. The average Bonchev–Trinajstić information content (AvgIpc) is 2.49. The fourth-order valence-corrected chi connectivity index (χ4v) is 2.67. The van der Waals surface area contributed by atoms with E-state index in [2.05, 4.69) is 49.0 Å². The summed E-state index contributed by atoms with van der Waals surface area (Å²) in [5.74, 6) is -0.198. The van der Waals surface area contributed by atoms with Crippen LogP contribution in [-0.2, 0) is 0 Å². The summed E-state index contributed by atoms with van der Waals surface area (Å²) in [5.41, 5.74) is 2.45. The Hall–Kier alpha value is -1.41. The maximum absolute atomic E-state index is 12.3. The number of rotatable bonds is 3. The maximum Gasteiger partial charge on any atom is 0.256 e. The van der Waals surface area contributed by atoms with Crippen LogP contribution in [0.2, 0.25) is 0 Å². The third kappa shape index (κ3) is 4.04. The summed E-state index contributed by atoms with van der Waals surface area (Å²) in [6, 6.07) is 12.7. The lowest BCUT2D eigenvalue weighted by atomic mass is 10.1. The van der Waals surface area contributed by atoms with Crippen LogP contribution in [0, 0.1) is 3.57 Å². The molecule has 0 unspecified atom stereocenters. The molecule has 2 aromatic carbocycles. The van der Waals surface area contributed by atoms with Gasteiger partial charge in [-0.2, -0.15) is 0 Å². The molecule has 0 spiro atoms. The first kappa shape index (κ1) is 16.0. The van der Waals surface area contributed by atoms with Gasteiger partial charge in [0.25, 0.3) is 5.91 Å². The van der Waals surface area contributed by atoms with Crippen LogP contribution in [0.3, 0.4) is 0 Å². The van der Waals surface area contributed by atoms with E-state index in [1.807, 2.05) is 24.3 Å². The molecule has 2 rings (SSSR count). The first-order valence-corrected chi connectivity index (χ1v) is 7.94. The lowest BCUT2D eigenvalue weighted by Crippen LogP contribution is -2.13. The first-order valence-electron chi connectivity index (χ1n) is 6.07. The van der Waals surface area contributed by atoms with Crippen molar-refractivity contribution in [2.24, 2.45) is 5.16 Å². The number of anilines is 1. The Bertz CT molecular complexity index is 717. The van der Waals surface area contributed by atoms with Crippen LogP contribution in [0.25, 0.3) is 0 Å². The molecule has 0 saturated heterocycles. The molecule has 0 fully saturated rings. The molecule has 0 aliphatic heterocycles. The zero-order valence-electron chi connectivity index (χ0n) is 11.1. The smallest absolute Gasteiger partial charge is 0.256 e. The van der Waals surface area contributed by atoms with Gasteiger partial charge in [0, 0.05) is 19.3 Å². The van der Waals surface area contributed by atoms with Gasteiger partial charge in [0.2, 0.25) is 0 Å². The Morgan fingerprint density at radius 2 is 2.05 bits per heavy atom. The quantitative estimate of drug-likeness (QED) is 0.308. The van der Waals surface area contributed by atoms with Gasteiger partial charge in [0.15, 0.2) is 0 Å². The Kier molecular flexibility index (Phi) is 5.35. The number of nitrogens with zero attached hydrogens (tertiary/aromatic N) is 1. The van der Waals surface area contributed by atoms with Crippen LogP contribution >= 0.6 is 38.5 Å². The molecule has 0 saturated carbocycles. The SMILES string of the molecule is C/C(=N/O)c1cccc(NC(=O)c2cc(I)ccc2Br)c1. The lowest BCUT2D eigenvalue weighted by Gasteiger charge is -2.09. The number of nitrogens with one attached hydrogen (secondary N) is 1. The third-order valence-electron chi connectivity index (χ3n) is 2.86. The molecular weight excluding hydrogens is 447 g/mol. The standard InChI is InChI=1S/C15H12BrIN2O2/c1-9(19-21)10-3-2-4-12(7-10)18-15(20)13-8-11(17)5-6-14(13)16/h2-8,21H,1H3,(H,18,20)/b19-9-. The molecule has 0 aromatic heterocycles. The van der Waals surface area contributed by atoms with E-state index < -0.39 is 0 Å². The Morgan fingerprint density at radius 3 is 2.76 bits per heavy atom.